The first-order valence-electron chi connectivity index (χ1n) is 12.6. The minimum atomic E-state index is -0.958. The normalized spacial score (nSPS) is 17.9. The zero-order chi connectivity index (χ0) is 24.8. The van der Waals surface area contributed by atoms with Crippen molar-refractivity contribution in [2.75, 3.05) is 13.2 Å². The Hall–Kier alpha value is -2.95. The first-order valence-corrected chi connectivity index (χ1v) is 12.6. The number of halogens is 3. The van der Waals surface area contributed by atoms with Gasteiger partial charge in [0.25, 0.3) is 0 Å². The third-order valence-corrected chi connectivity index (χ3v) is 6.91. The Bertz CT molecular complexity index is 1120. The largest absolute Gasteiger partial charge is 0.493 e. The Morgan fingerprint density at radius 3 is 2.26 bits per heavy atom. The van der Waals surface area contributed by atoms with Crippen molar-refractivity contribution in [2.45, 2.75) is 58.3 Å². The van der Waals surface area contributed by atoms with Crippen molar-refractivity contribution in [2.24, 2.45) is 5.92 Å². The fraction of sp³-hybridized carbons (Fsp3) is 0.400. The van der Waals surface area contributed by atoms with Gasteiger partial charge in [-0.05, 0) is 80.2 Å². The Kier molecular flexibility index (Phi) is 8.37. The van der Waals surface area contributed by atoms with Crippen LogP contribution < -0.4 is 9.47 Å². The smallest absolute Gasteiger partial charge is 0.201 e. The highest BCUT2D eigenvalue weighted by Gasteiger charge is 2.26. The van der Waals surface area contributed by atoms with Crippen LogP contribution in [-0.2, 0) is 0 Å². The molecule has 0 unspecified atom stereocenters. The summed E-state index contributed by atoms with van der Waals surface area (Å²) in [5.41, 5.74) is 2.64. The second-order valence-corrected chi connectivity index (χ2v) is 9.52. The molecule has 1 aliphatic carbocycles. The van der Waals surface area contributed by atoms with Gasteiger partial charge in [0.15, 0.2) is 11.6 Å². The number of hydrogen-bond donors (Lipinski definition) is 0. The first kappa shape index (κ1) is 25.2. The van der Waals surface area contributed by atoms with Crippen LogP contribution in [-0.4, -0.2) is 13.2 Å². The minimum Gasteiger partial charge on any atom is -0.493 e. The SMILES string of the molecule is CCCCOc1ccc(C2CCC(COc3ccc(-c4ccc(C)cc4)c(F)c3F)CC2)c(F)c1. The topological polar surface area (TPSA) is 18.5 Å². The quantitative estimate of drug-likeness (QED) is 0.284. The zero-order valence-electron chi connectivity index (χ0n) is 20.5. The van der Waals surface area contributed by atoms with Gasteiger partial charge in [-0.25, -0.2) is 8.78 Å². The van der Waals surface area contributed by atoms with Gasteiger partial charge >= 0.3 is 0 Å². The molecule has 2 nitrogen and oxygen atoms in total. The van der Waals surface area contributed by atoms with Gasteiger partial charge in [0, 0.05) is 11.6 Å². The molecule has 0 aliphatic heterocycles. The monoisotopic (exact) mass is 482 g/mol. The van der Waals surface area contributed by atoms with Crippen LogP contribution in [0.4, 0.5) is 13.2 Å². The van der Waals surface area contributed by atoms with E-state index in [9.17, 15) is 13.2 Å². The third-order valence-electron chi connectivity index (χ3n) is 6.91. The Labute approximate surface area is 206 Å². The van der Waals surface area contributed by atoms with Crippen LogP contribution >= 0.6 is 0 Å². The van der Waals surface area contributed by atoms with Crippen LogP contribution in [0.1, 0.15) is 62.5 Å². The fourth-order valence-corrected chi connectivity index (χ4v) is 4.71. The molecule has 3 aromatic rings. The molecule has 0 atom stereocenters. The second-order valence-electron chi connectivity index (χ2n) is 9.52. The fourth-order valence-electron chi connectivity index (χ4n) is 4.71. The summed E-state index contributed by atoms with van der Waals surface area (Å²) in [4.78, 5) is 0. The first-order chi connectivity index (χ1) is 17.0. The lowest BCUT2D eigenvalue weighted by Gasteiger charge is -2.29. The molecule has 5 heteroatoms. The highest BCUT2D eigenvalue weighted by atomic mass is 19.2. The highest BCUT2D eigenvalue weighted by molar-refractivity contribution is 5.65. The number of hydrogen-bond acceptors (Lipinski definition) is 2. The van der Waals surface area contributed by atoms with Crippen molar-refractivity contribution >= 4 is 0 Å². The Morgan fingerprint density at radius 2 is 1.57 bits per heavy atom. The molecule has 3 aromatic carbocycles. The van der Waals surface area contributed by atoms with E-state index in [1.165, 1.54) is 12.1 Å². The van der Waals surface area contributed by atoms with Gasteiger partial charge in [0.2, 0.25) is 5.82 Å². The lowest BCUT2D eigenvalue weighted by molar-refractivity contribution is 0.192. The summed E-state index contributed by atoms with van der Waals surface area (Å²) in [7, 11) is 0. The molecule has 0 radical (unpaired) electrons. The van der Waals surface area contributed by atoms with E-state index >= 15 is 0 Å². The summed E-state index contributed by atoms with van der Waals surface area (Å²) < 4.78 is 55.4. The predicted molar refractivity (Wildman–Crippen MR) is 134 cm³/mol. The molecule has 1 aliphatic rings. The van der Waals surface area contributed by atoms with Gasteiger partial charge < -0.3 is 9.47 Å². The van der Waals surface area contributed by atoms with E-state index in [0.717, 1.165) is 49.7 Å². The molecular weight excluding hydrogens is 449 g/mol. The maximum absolute atomic E-state index is 14.7. The van der Waals surface area contributed by atoms with E-state index in [1.807, 2.05) is 31.2 Å². The van der Waals surface area contributed by atoms with Crippen molar-refractivity contribution in [3.05, 3.63) is 83.2 Å². The van der Waals surface area contributed by atoms with Crippen molar-refractivity contribution in [1.82, 2.24) is 0 Å². The Balaban J connectivity index is 1.31. The van der Waals surface area contributed by atoms with Gasteiger partial charge in [0.1, 0.15) is 11.6 Å². The van der Waals surface area contributed by atoms with Crippen LogP contribution in [0.3, 0.4) is 0 Å². The Morgan fingerprint density at radius 1 is 0.829 bits per heavy atom. The predicted octanol–water partition coefficient (Wildman–Crippen LogP) is 8.61. The third kappa shape index (κ3) is 6.19. The molecule has 0 saturated heterocycles. The standard InChI is InChI=1S/C30H33F3O2/c1-3-4-17-34-24-13-14-25(27(31)18-24)22-11-7-21(8-12-22)19-35-28-16-15-26(29(32)30(28)33)23-9-5-20(2)6-10-23/h5-6,9-10,13-16,18,21-22H,3-4,7-8,11-12,17,19H2,1-2H3. The summed E-state index contributed by atoms with van der Waals surface area (Å²) in [6.07, 6.45) is 5.36. The molecule has 0 bridgehead atoms. The van der Waals surface area contributed by atoms with Gasteiger partial charge in [-0.1, -0.05) is 49.2 Å². The number of ether oxygens (including phenoxy) is 2. The van der Waals surface area contributed by atoms with E-state index in [4.69, 9.17) is 9.47 Å². The maximum Gasteiger partial charge on any atom is 0.201 e. The van der Waals surface area contributed by atoms with Crippen LogP contribution in [0, 0.1) is 30.3 Å². The summed E-state index contributed by atoms with van der Waals surface area (Å²) in [5.74, 6) is -1.18. The van der Waals surface area contributed by atoms with Crippen molar-refractivity contribution in [1.29, 1.82) is 0 Å². The van der Waals surface area contributed by atoms with E-state index in [2.05, 4.69) is 6.92 Å². The number of unbranched alkanes of at least 4 members (excludes halogenated alkanes) is 1. The summed E-state index contributed by atoms with van der Waals surface area (Å²) in [6.45, 7) is 4.95. The summed E-state index contributed by atoms with van der Waals surface area (Å²) in [6, 6.07) is 15.5. The molecule has 35 heavy (non-hydrogen) atoms. The van der Waals surface area contributed by atoms with Gasteiger partial charge in [-0.3, -0.25) is 0 Å². The molecule has 4 rings (SSSR count). The van der Waals surface area contributed by atoms with Crippen molar-refractivity contribution < 1.29 is 22.6 Å². The molecule has 1 saturated carbocycles. The minimum absolute atomic E-state index is 0.0646. The molecule has 0 heterocycles. The zero-order valence-corrected chi connectivity index (χ0v) is 20.5. The van der Waals surface area contributed by atoms with Crippen LogP contribution in [0.15, 0.2) is 54.6 Å². The van der Waals surface area contributed by atoms with Gasteiger partial charge in [-0.15, -0.1) is 0 Å². The van der Waals surface area contributed by atoms with Crippen LogP contribution in [0.5, 0.6) is 11.5 Å². The lowest BCUT2D eigenvalue weighted by Crippen LogP contribution is -2.20. The molecule has 0 N–H and O–H groups in total. The maximum atomic E-state index is 14.7. The van der Waals surface area contributed by atoms with Crippen molar-refractivity contribution in [3.63, 3.8) is 0 Å². The van der Waals surface area contributed by atoms with E-state index < -0.39 is 11.6 Å². The molecule has 0 aromatic heterocycles. The van der Waals surface area contributed by atoms with Gasteiger partial charge in [-0.2, -0.15) is 4.39 Å². The summed E-state index contributed by atoms with van der Waals surface area (Å²) in [5, 5.41) is 0. The van der Waals surface area contributed by atoms with E-state index in [-0.39, 0.29) is 29.0 Å². The van der Waals surface area contributed by atoms with Crippen LogP contribution in [0.2, 0.25) is 0 Å². The molecular formula is C30H33F3O2. The second kappa shape index (κ2) is 11.7. The van der Waals surface area contributed by atoms with E-state index in [1.54, 1.807) is 18.2 Å². The van der Waals surface area contributed by atoms with Crippen LogP contribution in [0.25, 0.3) is 11.1 Å². The highest BCUT2D eigenvalue weighted by Crippen LogP contribution is 2.38. The van der Waals surface area contributed by atoms with Gasteiger partial charge in [0.05, 0.1) is 13.2 Å². The molecule has 1 fully saturated rings. The number of benzene rings is 3. The lowest BCUT2D eigenvalue weighted by atomic mass is 9.79. The van der Waals surface area contributed by atoms with Crippen molar-refractivity contribution in [3.8, 4) is 22.6 Å². The van der Waals surface area contributed by atoms with E-state index in [0.29, 0.717) is 24.5 Å². The average molecular weight is 483 g/mol. The number of rotatable bonds is 9. The average Bonchev–Trinajstić information content (AvgIpc) is 2.86. The molecule has 0 spiro atoms. The molecule has 186 valence electrons. The molecule has 0 amide bonds. The summed E-state index contributed by atoms with van der Waals surface area (Å²) >= 11 is 0. The number of aryl methyl sites for hydroxylation is 1.